The topological polar surface area (TPSA) is 24.5 Å². The van der Waals surface area contributed by atoms with E-state index >= 15 is 0 Å². The van der Waals surface area contributed by atoms with E-state index in [2.05, 4.69) is 23.2 Å². The summed E-state index contributed by atoms with van der Waals surface area (Å²) in [5.74, 6) is 0.776. The van der Waals surface area contributed by atoms with Crippen LogP contribution in [0.25, 0.3) is 0 Å². The summed E-state index contributed by atoms with van der Waals surface area (Å²) >= 11 is 6.09. The molecule has 2 rings (SSSR count). The van der Waals surface area contributed by atoms with Gasteiger partial charge in [-0.2, -0.15) is 0 Å². The fourth-order valence-corrected chi connectivity index (χ4v) is 2.29. The molecule has 0 radical (unpaired) electrons. The summed E-state index contributed by atoms with van der Waals surface area (Å²) in [6, 6.07) is 6.52. The van der Waals surface area contributed by atoms with E-state index in [1.165, 1.54) is 5.69 Å². The molecule has 6 heteroatoms. The van der Waals surface area contributed by atoms with Crippen molar-refractivity contribution in [2.24, 2.45) is 0 Å². The molecule has 110 valence electrons. The predicted octanol–water partition coefficient (Wildman–Crippen LogP) is 3.38. The number of rotatable bonds is 3. The molecule has 0 unspecified atom stereocenters. The maximum atomic E-state index is 6.09. The number of ether oxygens (including phenoxy) is 1. The molecule has 1 saturated heterocycles. The molecule has 1 aromatic carbocycles. The minimum Gasteiger partial charge on any atom is -0.492 e. The monoisotopic (exact) mass is 326 g/mol. The van der Waals surface area contributed by atoms with E-state index < -0.39 is 0 Å². The van der Waals surface area contributed by atoms with Crippen LogP contribution in [-0.2, 0) is 0 Å². The number of halogens is 3. The normalized spacial score (nSPS) is 18.3. The second kappa shape index (κ2) is 8.75. The van der Waals surface area contributed by atoms with Gasteiger partial charge in [-0.3, -0.25) is 0 Å². The van der Waals surface area contributed by atoms with Crippen LogP contribution in [0.1, 0.15) is 13.8 Å². The van der Waals surface area contributed by atoms with Crippen LogP contribution in [0.15, 0.2) is 18.2 Å². The Morgan fingerprint density at radius 3 is 2.79 bits per heavy atom. The third-order valence-corrected chi connectivity index (χ3v) is 3.26. The van der Waals surface area contributed by atoms with Crippen molar-refractivity contribution in [2.75, 3.05) is 31.1 Å². The third kappa shape index (κ3) is 4.92. The van der Waals surface area contributed by atoms with Gasteiger partial charge in [0.15, 0.2) is 0 Å². The molecule has 1 atom stereocenters. The highest BCUT2D eigenvalue weighted by Crippen LogP contribution is 2.30. The van der Waals surface area contributed by atoms with E-state index in [-0.39, 0.29) is 24.8 Å². The van der Waals surface area contributed by atoms with E-state index in [4.69, 9.17) is 16.3 Å². The zero-order chi connectivity index (χ0) is 12.3. The van der Waals surface area contributed by atoms with Crippen molar-refractivity contribution in [3.63, 3.8) is 0 Å². The van der Waals surface area contributed by atoms with Gasteiger partial charge in [-0.1, -0.05) is 11.6 Å². The minimum absolute atomic E-state index is 0. The second-order valence-corrected chi connectivity index (χ2v) is 4.76. The molecule has 0 bridgehead atoms. The number of piperazine rings is 1. The Labute approximate surface area is 132 Å². The predicted molar refractivity (Wildman–Crippen MR) is 86.8 cm³/mol. The van der Waals surface area contributed by atoms with Crippen LogP contribution in [0.4, 0.5) is 5.69 Å². The molecule has 1 aromatic rings. The van der Waals surface area contributed by atoms with E-state index in [0.29, 0.717) is 17.7 Å². The van der Waals surface area contributed by atoms with Crippen molar-refractivity contribution in [3.05, 3.63) is 23.2 Å². The molecule has 1 fully saturated rings. The van der Waals surface area contributed by atoms with Crippen LogP contribution in [0.5, 0.6) is 5.75 Å². The zero-order valence-corrected chi connectivity index (χ0v) is 13.6. The largest absolute Gasteiger partial charge is 0.492 e. The zero-order valence-electron chi connectivity index (χ0n) is 11.2. The minimum atomic E-state index is 0. The quantitative estimate of drug-likeness (QED) is 0.921. The van der Waals surface area contributed by atoms with E-state index in [1.54, 1.807) is 0 Å². The molecule has 1 aliphatic rings. The van der Waals surface area contributed by atoms with Gasteiger partial charge in [0, 0.05) is 37.4 Å². The lowest BCUT2D eigenvalue weighted by atomic mass is 10.2. The number of anilines is 1. The lowest BCUT2D eigenvalue weighted by Gasteiger charge is -2.33. The highest BCUT2D eigenvalue weighted by molar-refractivity contribution is 6.32. The first kappa shape index (κ1) is 18.7. The molecule has 3 nitrogen and oxygen atoms in total. The maximum absolute atomic E-state index is 6.09. The van der Waals surface area contributed by atoms with E-state index in [9.17, 15) is 0 Å². The fourth-order valence-electron chi connectivity index (χ4n) is 2.12. The number of hydrogen-bond acceptors (Lipinski definition) is 3. The number of benzene rings is 1. The molecular weight excluding hydrogens is 307 g/mol. The van der Waals surface area contributed by atoms with Crippen LogP contribution in [0.3, 0.4) is 0 Å². The summed E-state index contributed by atoms with van der Waals surface area (Å²) in [6.45, 7) is 7.88. The molecule has 1 aliphatic heterocycles. The molecule has 19 heavy (non-hydrogen) atoms. The molecule has 0 saturated carbocycles. The Morgan fingerprint density at radius 2 is 2.16 bits per heavy atom. The van der Waals surface area contributed by atoms with Crippen LogP contribution < -0.4 is 15.0 Å². The summed E-state index contributed by atoms with van der Waals surface area (Å²) in [7, 11) is 0. The van der Waals surface area contributed by atoms with Gasteiger partial charge in [0.25, 0.3) is 0 Å². The second-order valence-electron chi connectivity index (χ2n) is 4.35. The Kier molecular flexibility index (Phi) is 8.59. The van der Waals surface area contributed by atoms with E-state index in [0.717, 1.165) is 25.4 Å². The first-order valence-corrected chi connectivity index (χ1v) is 6.49. The highest BCUT2D eigenvalue weighted by atomic mass is 35.5. The van der Waals surface area contributed by atoms with Crippen molar-refractivity contribution in [1.29, 1.82) is 0 Å². The average molecular weight is 328 g/mol. The smallest absolute Gasteiger partial charge is 0.139 e. The lowest BCUT2D eigenvalue weighted by Crippen LogP contribution is -2.49. The van der Waals surface area contributed by atoms with Crippen molar-refractivity contribution in [2.45, 2.75) is 19.9 Å². The Balaban J connectivity index is 0.00000162. The molecular formula is C13H21Cl3N2O. The Bertz CT molecular complexity index is 390. The summed E-state index contributed by atoms with van der Waals surface area (Å²) in [4.78, 5) is 2.36. The first-order chi connectivity index (χ1) is 8.20. The number of nitrogens with one attached hydrogen (secondary N) is 1. The Hall–Kier alpha value is -0.350. The van der Waals surface area contributed by atoms with Crippen LogP contribution >= 0.6 is 36.4 Å². The summed E-state index contributed by atoms with van der Waals surface area (Å²) in [5, 5.41) is 4.11. The van der Waals surface area contributed by atoms with Crippen molar-refractivity contribution >= 4 is 42.1 Å². The molecule has 0 amide bonds. The van der Waals surface area contributed by atoms with Gasteiger partial charge in [0.05, 0.1) is 11.6 Å². The SMILES string of the molecule is CCOc1cc(N2CCN[C@@H](C)C2)ccc1Cl.Cl.Cl. The van der Waals surface area contributed by atoms with Gasteiger partial charge >= 0.3 is 0 Å². The first-order valence-electron chi connectivity index (χ1n) is 6.11. The number of hydrogen-bond donors (Lipinski definition) is 1. The summed E-state index contributed by atoms with van der Waals surface area (Å²) in [6.07, 6.45) is 0. The molecule has 0 aliphatic carbocycles. The van der Waals surface area contributed by atoms with E-state index in [1.807, 2.05) is 19.1 Å². The van der Waals surface area contributed by atoms with Gasteiger partial charge in [0.2, 0.25) is 0 Å². The fraction of sp³-hybridized carbons (Fsp3) is 0.538. The van der Waals surface area contributed by atoms with Crippen LogP contribution in [-0.4, -0.2) is 32.3 Å². The van der Waals surface area contributed by atoms with Gasteiger partial charge in [-0.25, -0.2) is 0 Å². The van der Waals surface area contributed by atoms with Gasteiger partial charge < -0.3 is 15.0 Å². The van der Waals surface area contributed by atoms with Crippen LogP contribution in [0.2, 0.25) is 5.02 Å². The number of nitrogens with zero attached hydrogens (tertiary/aromatic N) is 1. The standard InChI is InChI=1S/C13H19ClN2O.2ClH/c1-3-17-13-8-11(4-5-12(13)14)16-7-6-15-10(2)9-16;;/h4-5,8,10,15H,3,6-7,9H2,1-2H3;2*1H/t10-;;/m0../s1. The third-order valence-electron chi connectivity index (χ3n) is 2.95. The van der Waals surface area contributed by atoms with Crippen LogP contribution in [0, 0.1) is 0 Å². The molecule has 1 N–H and O–H groups in total. The van der Waals surface area contributed by atoms with Gasteiger partial charge in [-0.05, 0) is 26.0 Å². The molecule has 0 aromatic heterocycles. The molecule has 0 spiro atoms. The summed E-state index contributed by atoms with van der Waals surface area (Å²) < 4.78 is 5.52. The highest BCUT2D eigenvalue weighted by Gasteiger charge is 2.16. The maximum Gasteiger partial charge on any atom is 0.139 e. The average Bonchev–Trinajstić information content (AvgIpc) is 2.32. The van der Waals surface area contributed by atoms with Gasteiger partial charge in [-0.15, -0.1) is 24.8 Å². The Morgan fingerprint density at radius 1 is 1.42 bits per heavy atom. The molecule has 1 heterocycles. The summed E-state index contributed by atoms with van der Waals surface area (Å²) in [5.41, 5.74) is 1.19. The van der Waals surface area contributed by atoms with Gasteiger partial charge in [0.1, 0.15) is 5.75 Å². The van der Waals surface area contributed by atoms with Crippen molar-refractivity contribution < 1.29 is 4.74 Å². The van der Waals surface area contributed by atoms with Crippen molar-refractivity contribution in [1.82, 2.24) is 5.32 Å². The lowest BCUT2D eigenvalue weighted by molar-refractivity contribution is 0.340. The van der Waals surface area contributed by atoms with Crippen molar-refractivity contribution in [3.8, 4) is 5.75 Å².